The van der Waals surface area contributed by atoms with Crippen LogP contribution in [0.3, 0.4) is 0 Å². The van der Waals surface area contributed by atoms with Crippen LogP contribution in [0.1, 0.15) is 18.1 Å². The number of amides is 1. The number of anilines is 1. The summed E-state index contributed by atoms with van der Waals surface area (Å²) in [7, 11) is 3.10. The molecule has 0 aliphatic carbocycles. The van der Waals surface area contributed by atoms with Crippen molar-refractivity contribution in [2.45, 2.75) is 13.8 Å². The van der Waals surface area contributed by atoms with Crippen LogP contribution >= 0.6 is 11.6 Å². The largest absolute Gasteiger partial charge is 0.495 e. The normalized spacial score (nSPS) is 10.7. The minimum Gasteiger partial charge on any atom is -0.495 e. The zero-order valence-electron chi connectivity index (χ0n) is 15.3. The number of hydrogen-bond donors (Lipinski definition) is 1. The Bertz CT molecular complexity index is 818. The Hall–Kier alpha value is -2.66. The number of nitrogens with one attached hydrogen (secondary N) is 1. The first-order valence-corrected chi connectivity index (χ1v) is 8.50. The SMILES string of the molecule is CCOc1ccc(/C=C/C(=O)Nc2cc(C)c(Cl)cc2OC)cc1OC. The molecule has 0 radical (unpaired) electrons. The van der Waals surface area contributed by atoms with Crippen molar-refractivity contribution in [3.8, 4) is 17.2 Å². The topological polar surface area (TPSA) is 56.8 Å². The highest BCUT2D eigenvalue weighted by atomic mass is 35.5. The summed E-state index contributed by atoms with van der Waals surface area (Å²) in [6.45, 7) is 4.32. The van der Waals surface area contributed by atoms with E-state index in [1.54, 1.807) is 25.3 Å². The Morgan fingerprint density at radius 1 is 1.12 bits per heavy atom. The van der Waals surface area contributed by atoms with E-state index in [1.165, 1.54) is 13.2 Å². The number of benzene rings is 2. The van der Waals surface area contributed by atoms with Gasteiger partial charge in [-0.2, -0.15) is 0 Å². The van der Waals surface area contributed by atoms with Gasteiger partial charge in [-0.3, -0.25) is 4.79 Å². The molecule has 0 bridgehead atoms. The first-order valence-electron chi connectivity index (χ1n) is 8.12. The predicted molar refractivity (Wildman–Crippen MR) is 105 cm³/mol. The summed E-state index contributed by atoms with van der Waals surface area (Å²) in [4.78, 5) is 12.2. The van der Waals surface area contributed by atoms with Crippen LogP contribution in [0.4, 0.5) is 5.69 Å². The quantitative estimate of drug-likeness (QED) is 0.711. The molecule has 2 aromatic carbocycles. The van der Waals surface area contributed by atoms with Crippen LogP contribution in [-0.4, -0.2) is 26.7 Å². The van der Waals surface area contributed by atoms with E-state index in [2.05, 4.69) is 5.32 Å². The molecular weight excluding hydrogens is 354 g/mol. The molecule has 1 amide bonds. The first kappa shape index (κ1) is 19.7. The molecule has 26 heavy (non-hydrogen) atoms. The van der Waals surface area contributed by atoms with Crippen LogP contribution in [0.2, 0.25) is 5.02 Å². The van der Waals surface area contributed by atoms with Crippen molar-refractivity contribution in [3.63, 3.8) is 0 Å². The summed E-state index contributed by atoms with van der Waals surface area (Å²) < 4.78 is 16.0. The maximum atomic E-state index is 12.2. The van der Waals surface area contributed by atoms with Crippen LogP contribution in [0, 0.1) is 6.92 Å². The van der Waals surface area contributed by atoms with Crippen LogP contribution in [0.5, 0.6) is 17.2 Å². The van der Waals surface area contributed by atoms with Gasteiger partial charge in [0.2, 0.25) is 5.91 Å². The standard InChI is InChI=1S/C20H22ClNO4/c1-5-26-17-8-6-14(11-19(17)25-4)7-9-20(23)22-16-10-13(2)15(21)12-18(16)24-3/h6-12H,5H2,1-4H3,(H,22,23)/b9-7+. The van der Waals surface area contributed by atoms with Crippen LogP contribution in [0.15, 0.2) is 36.4 Å². The minimum atomic E-state index is -0.280. The van der Waals surface area contributed by atoms with E-state index in [0.717, 1.165) is 11.1 Å². The van der Waals surface area contributed by atoms with Gasteiger partial charge in [0.1, 0.15) is 5.75 Å². The lowest BCUT2D eigenvalue weighted by Gasteiger charge is -2.11. The average molecular weight is 376 g/mol. The summed E-state index contributed by atoms with van der Waals surface area (Å²) in [6, 6.07) is 8.91. The number of aryl methyl sites for hydroxylation is 1. The predicted octanol–water partition coefficient (Wildman–Crippen LogP) is 4.72. The number of rotatable bonds is 7. The van der Waals surface area contributed by atoms with E-state index >= 15 is 0 Å². The molecule has 0 unspecified atom stereocenters. The third kappa shape index (κ3) is 4.92. The van der Waals surface area contributed by atoms with Gasteiger partial charge in [0.05, 0.1) is 26.5 Å². The fourth-order valence-corrected chi connectivity index (χ4v) is 2.49. The monoisotopic (exact) mass is 375 g/mol. The van der Waals surface area contributed by atoms with Gasteiger partial charge in [-0.05, 0) is 49.2 Å². The summed E-state index contributed by atoms with van der Waals surface area (Å²) in [5.74, 6) is 1.50. The Morgan fingerprint density at radius 2 is 1.85 bits per heavy atom. The molecular formula is C20H22ClNO4. The van der Waals surface area contributed by atoms with Crippen LogP contribution in [-0.2, 0) is 4.79 Å². The molecule has 0 fully saturated rings. The van der Waals surface area contributed by atoms with Gasteiger partial charge in [0.25, 0.3) is 0 Å². The van der Waals surface area contributed by atoms with Crippen molar-refractivity contribution in [1.82, 2.24) is 0 Å². The number of carbonyl (C=O) groups excluding carboxylic acids is 1. The molecule has 138 valence electrons. The van der Waals surface area contributed by atoms with Gasteiger partial charge >= 0.3 is 0 Å². The van der Waals surface area contributed by atoms with E-state index in [0.29, 0.717) is 34.6 Å². The van der Waals surface area contributed by atoms with Crippen LogP contribution in [0.25, 0.3) is 6.08 Å². The lowest BCUT2D eigenvalue weighted by molar-refractivity contribution is -0.111. The third-order valence-electron chi connectivity index (χ3n) is 3.65. The highest BCUT2D eigenvalue weighted by molar-refractivity contribution is 6.31. The van der Waals surface area contributed by atoms with E-state index < -0.39 is 0 Å². The van der Waals surface area contributed by atoms with E-state index in [4.69, 9.17) is 25.8 Å². The van der Waals surface area contributed by atoms with Crippen molar-refractivity contribution in [2.24, 2.45) is 0 Å². The van der Waals surface area contributed by atoms with Crippen molar-refractivity contribution in [1.29, 1.82) is 0 Å². The molecule has 0 saturated carbocycles. The number of halogens is 1. The zero-order chi connectivity index (χ0) is 19.1. The van der Waals surface area contributed by atoms with E-state index in [9.17, 15) is 4.79 Å². The molecule has 0 atom stereocenters. The molecule has 5 nitrogen and oxygen atoms in total. The number of hydrogen-bond acceptors (Lipinski definition) is 4. The van der Waals surface area contributed by atoms with Gasteiger partial charge in [0.15, 0.2) is 11.5 Å². The molecule has 1 N–H and O–H groups in total. The molecule has 2 aromatic rings. The summed E-state index contributed by atoms with van der Waals surface area (Å²) in [6.07, 6.45) is 3.14. The van der Waals surface area contributed by atoms with E-state index in [-0.39, 0.29) is 5.91 Å². The smallest absolute Gasteiger partial charge is 0.248 e. The van der Waals surface area contributed by atoms with Crippen LogP contribution < -0.4 is 19.5 Å². The number of ether oxygens (including phenoxy) is 3. The lowest BCUT2D eigenvalue weighted by atomic mass is 10.1. The Labute approximate surface area is 158 Å². The second-order valence-corrected chi connectivity index (χ2v) is 5.87. The second kappa shape index (κ2) is 9.15. The highest BCUT2D eigenvalue weighted by Gasteiger charge is 2.09. The summed E-state index contributed by atoms with van der Waals surface area (Å²) in [5.41, 5.74) is 2.23. The zero-order valence-corrected chi connectivity index (χ0v) is 16.0. The van der Waals surface area contributed by atoms with Crippen molar-refractivity contribution >= 4 is 29.3 Å². The third-order valence-corrected chi connectivity index (χ3v) is 4.06. The maximum Gasteiger partial charge on any atom is 0.248 e. The second-order valence-electron chi connectivity index (χ2n) is 5.47. The average Bonchev–Trinajstić information content (AvgIpc) is 2.63. The van der Waals surface area contributed by atoms with Crippen molar-refractivity contribution in [3.05, 3.63) is 52.6 Å². The molecule has 0 aliphatic rings. The van der Waals surface area contributed by atoms with Crippen molar-refractivity contribution in [2.75, 3.05) is 26.1 Å². The number of methoxy groups -OCH3 is 2. The summed E-state index contributed by atoms with van der Waals surface area (Å²) >= 11 is 6.08. The lowest BCUT2D eigenvalue weighted by Crippen LogP contribution is -2.09. The van der Waals surface area contributed by atoms with Gasteiger partial charge in [-0.15, -0.1) is 0 Å². The molecule has 0 aromatic heterocycles. The fourth-order valence-electron chi connectivity index (χ4n) is 2.34. The Balaban J connectivity index is 2.14. The Kier molecular flexibility index (Phi) is 6.92. The highest BCUT2D eigenvalue weighted by Crippen LogP contribution is 2.31. The maximum absolute atomic E-state index is 12.2. The molecule has 0 spiro atoms. The molecule has 0 heterocycles. The fraction of sp³-hybridized carbons (Fsp3) is 0.250. The van der Waals surface area contributed by atoms with Gasteiger partial charge in [-0.1, -0.05) is 17.7 Å². The first-order chi connectivity index (χ1) is 12.5. The Morgan fingerprint density at radius 3 is 2.50 bits per heavy atom. The molecule has 6 heteroatoms. The van der Waals surface area contributed by atoms with Gasteiger partial charge in [0, 0.05) is 17.2 Å². The minimum absolute atomic E-state index is 0.280. The van der Waals surface area contributed by atoms with Gasteiger partial charge < -0.3 is 19.5 Å². The van der Waals surface area contributed by atoms with E-state index in [1.807, 2.05) is 32.0 Å². The number of carbonyl (C=O) groups is 1. The molecule has 0 aliphatic heterocycles. The van der Waals surface area contributed by atoms with Crippen molar-refractivity contribution < 1.29 is 19.0 Å². The molecule has 0 saturated heterocycles. The van der Waals surface area contributed by atoms with Gasteiger partial charge in [-0.25, -0.2) is 0 Å². The molecule has 2 rings (SSSR count). The summed E-state index contributed by atoms with van der Waals surface area (Å²) in [5, 5.41) is 3.38.